The summed E-state index contributed by atoms with van der Waals surface area (Å²) in [5.41, 5.74) is -4.22. The van der Waals surface area contributed by atoms with Crippen molar-refractivity contribution in [2.45, 2.75) is 37.0 Å². The van der Waals surface area contributed by atoms with Crippen molar-refractivity contribution in [1.82, 2.24) is 0 Å². The molecule has 0 amide bonds. The van der Waals surface area contributed by atoms with Crippen LogP contribution >= 0.6 is 0 Å². The zero-order valence-corrected chi connectivity index (χ0v) is 9.20. The van der Waals surface area contributed by atoms with Crippen LogP contribution in [-0.2, 0) is 11.8 Å². The van der Waals surface area contributed by atoms with Gasteiger partial charge in [-0.15, -0.1) is 0 Å². The van der Waals surface area contributed by atoms with Crippen molar-refractivity contribution in [3.63, 3.8) is 0 Å². The Bertz CT molecular complexity index is 429. The fourth-order valence-corrected chi connectivity index (χ4v) is 2.58. The normalized spacial score (nSPS) is 19.4. The molecule has 0 spiro atoms. The lowest BCUT2D eigenvalue weighted by molar-refractivity contribution is -0.307. The first-order chi connectivity index (χ1) is 8.20. The van der Waals surface area contributed by atoms with Gasteiger partial charge in [0.25, 0.3) is 0 Å². The summed E-state index contributed by atoms with van der Waals surface area (Å²) >= 11 is 0. The SMILES string of the molecule is FC(F)(F)C1(C(F)(F)F)CCCc2ccccc21. The Morgan fingerprint density at radius 3 is 2.00 bits per heavy atom. The van der Waals surface area contributed by atoms with Crippen LogP contribution in [0.2, 0.25) is 0 Å². The van der Waals surface area contributed by atoms with Gasteiger partial charge in [-0.3, -0.25) is 0 Å². The van der Waals surface area contributed by atoms with Crippen LogP contribution < -0.4 is 0 Å². The van der Waals surface area contributed by atoms with Gasteiger partial charge in [0.2, 0.25) is 0 Å². The monoisotopic (exact) mass is 268 g/mol. The van der Waals surface area contributed by atoms with Gasteiger partial charge in [-0.2, -0.15) is 26.3 Å². The van der Waals surface area contributed by atoms with Gasteiger partial charge < -0.3 is 0 Å². The van der Waals surface area contributed by atoms with Crippen molar-refractivity contribution >= 4 is 0 Å². The quantitative estimate of drug-likeness (QED) is 0.612. The molecule has 2 rings (SSSR count). The third-order valence-corrected chi connectivity index (χ3v) is 3.44. The van der Waals surface area contributed by atoms with Gasteiger partial charge in [0, 0.05) is 0 Å². The van der Waals surface area contributed by atoms with Gasteiger partial charge in [0.1, 0.15) is 0 Å². The summed E-state index contributed by atoms with van der Waals surface area (Å²) in [6.07, 6.45) is -11.5. The molecule has 0 bridgehead atoms. The molecule has 0 saturated carbocycles. The molecule has 0 atom stereocenters. The highest BCUT2D eigenvalue weighted by Gasteiger charge is 2.71. The molecule has 0 heterocycles. The highest BCUT2D eigenvalue weighted by Crippen LogP contribution is 2.57. The number of halogens is 6. The summed E-state index contributed by atoms with van der Waals surface area (Å²) in [6.45, 7) is 0. The summed E-state index contributed by atoms with van der Waals surface area (Å²) < 4.78 is 78.3. The second-order valence-corrected chi connectivity index (χ2v) is 4.41. The molecule has 0 nitrogen and oxygen atoms in total. The van der Waals surface area contributed by atoms with Crippen molar-refractivity contribution in [3.05, 3.63) is 35.4 Å². The highest BCUT2D eigenvalue weighted by atomic mass is 19.4. The number of fused-ring (bicyclic) bond motifs is 1. The van der Waals surface area contributed by atoms with Gasteiger partial charge in [-0.1, -0.05) is 24.3 Å². The fraction of sp³-hybridized carbons (Fsp3) is 0.500. The predicted octanol–water partition coefficient (Wildman–Crippen LogP) is 4.39. The minimum atomic E-state index is -5.33. The van der Waals surface area contributed by atoms with E-state index >= 15 is 0 Å². The zero-order valence-electron chi connectivity index (χ0n) is 9.20. The highest BCUT2D eigenvalue weighted by molar-refractivity contribution is 5.40. The Kier molecular flexibility index (Phi) is 2.87. The minimum Gasteiger partial charge on any atom is -0.170 e. The molecule has 1 aliphatic rings. The number of hydrogen-bond acceptors (Lipinski definition) is 0. The van der Waals surface area contributed by atoms with Gasteiger partial charge in [-0.05, 0) is 30.4 Å². The molecule has 0 fully saturated rings. The summed E-state index contributed by atoms with van der Waals surface area (Å²) in [5, 5.41) is 0. The van der Waals surface area contributed by atoms with Crippen LogP contribution in [0.5, 0.6) is 0 Å². The molecular weight excluding hydrogens is 258 g/mol. The van der Waals surface area contributed by atoms with E-state index in [1.165, 1.54) is 18.2 Å². The van der Waals surface area contributed by atoms with E-state index in [0.717, 1.165) is 6.07 Å². The van der Waals surface area contributed by atoms with Gasteiger partial charge in [0.05, 0.1) is 0 Å². The molecule has 1 aliphatic carbocycles. The van der Waals surface area contributed by atoms with E-state index in [1.807, 2.05) is 0 Å². The maximum atomic E-state index is 13.1. The molecule has 1 aromatic rings. The van der Waals surface area contributed by atoms with Crippen LogP contribution in [-0.4, -0.2) is 12.4 Å². The summed E-state index contributed by atoms with van der Waals surface area (Å²) in [7, 11) is 0. The van der Waals surface area contributed by atoms with Gasteiger partial charge >= 0.3 is 12.4 Å². The van der Waals surface area contributed by atoms with Gasteiger partial charge in [-0.25, -0.2) is 0 Å². The first kappa shape index (κ1) is 13.2. The summed E-state index contributed by atoms with van der Waals surface area (Å²) in [6, 6.07) is 4.95. The standard InChI is InChI=1S/C12H10F6/c13-11(14,15)10(12(16,17)18)7-3-5-8-4-1-2-6-9(8)10/h1-2,4,6H,3,5,7H2. The maximum Gasteiger partial charge on any atom is 0.407 e. The van der Waals surface area contributed by atoms with E-state index in [-0.39, 0.29) is 18.4 Å². The Morgan fingerprint density at radius 1 is 0.889 bits per heavy atom. The molecule has 0 aliphatic heterocycles. The predicted molar refractivity (Wildman–Crippen MR) is 53.2 cm³/mol. The summed E-state index contributed by atoms with van der Waals surface area (Å²) in [4.78, 5) is 0. The Balaban J connectivity index is 2.72. The van der Waals surface area contributed by atoms with Crippen LogP contribution in [0.15, 0.2) is 24.3 Å². The average molecular weight is 268 g/mol. The van der Waals surface area contributed by atoms with E-state index < -0.39 is 29.8 Å². The molecule has 18 heavy (non-hydrogen) atoms. The first-order valence-corrected chi connectivity index (χ1v) is 5.42. The lowest BCUT2D eigenvalue weighted by Gasteiger charge is -2.41. The van der Waals surface area contributed by atoms with E-state index in [9.17, 15) is 26.3 Å². The van der Waals surface area contributed by atoms with Crippen LogP contribution in [0.1, 0.15) is 24.0 Å². The minimum absolute atomic E-state index is 0.115. The number of benzene rings is 1. The molecular formula is C12H10F6. The Morgan fingerprint density at radius 2 is 1.44 bits per heavy atom. The molecule has 0 saturated heterocycles. The topological polar surface area (TPSA) is 0 Å². The third kappa shape index (κ3) is 1.69. The van der Waals surface area contributed by atoms with Crippen LogP contribution in [0.4, 0.5) is 26.3 Å². The fourth-order valence-electron chi connectivity index (χ4n) is 2.58. The lowest BCUT2D eigenvalue weighted by atomic mass is 9.69. The number of hydrogen-bond donors (Lipinski definition) is 0. The maximum absolute atomic E-state index is 13.1. The Hall–Kier alpha value is -1.20. The molecule has 100 valence electrons. The molecule has 0 radical (unpaired) electrons. The third-order valence-electron chi connectivity index (χ3n) is 3.44. The van der Waals surface area contributed by atoms with Crippen molar-refractivity contribution < 1.29 is 26.3 Å². The van der Waals surface area contributed by atoms with Crippen LogP contribution in [0.3, 0.4) is 0 Å². The first-order valence-electron chi connectivity index (χ1n) is 5.42. The van der Waals surface area contributed by atoms with Crippen molar-refractivity contribution in [2.75, 3.05) is 0 Å². The average Bonchev–Trinajstić information content (AvgIpc) is 2.25. The molecule has 6 heteroatoms. The molecule has 1 aromatic carbocycles. The largest absolute Gasteiger partial charge is 0.407 e. The van der Waals surface area contributed by atoms with E-state index in [4.69, 9.17) is 0 Å². The van der Waals surface area contributed by atoms with E-state index in [1.54, 1.807) is 0 Å². The number of rotatable bonds is 0. The second-order valence-electron chi connectivity index (χ2n) is 4.41. The van der Waals surface area contributed by atoms with Crippen molar-refractivity contribution in [3.8, 4) is 0 Å². The van der Waals surface area contributed by atoms with Crippen molar-refractivity contribution in [1.29, 1.82) is 0 Å². The van der Waals surface area contributed by atoms with Crippen molar-refractivity contribution in [2.24, 2.45) is 0 Å². The number of alkyl halides is 6. The second kappa shape index (κ2) is 3.90. The van der Waals surface area contributed by atoms with Crippen LogP contribution in [0.25, 0.3) is 0 Å². The molecule has 0 unspecified atom stereocenters. The van der Waals surface area contributed by atoms with Gasteiger partial charge in [0.15, 0.2) is 5.41 Å². The van der Waals surface area contributed by atoms with E-state index in [2.05, 4.69) is 0 Å². The summed E-state index contributed by atoms with van der Waals surface area (Å²) in [5.74, 6) is 0. The Labute approximate surface area is 99.6 Å². The molecule has 0 N–H and O–H groups in total. The lowest BCUT2D eigenvalue weighted by Crippen LogP contribution is -2.55. The van der Waals surface area contributed by atoms with E-state index in [0.29, 0.717) is 0 Å². The number of aryl methyl sites for hydroxylation is 1. The van der Waals surface area contributed by atoms with Crippen LogP contribution in [0, 0.1) is 0 Å². The zero-order chi connectivity index (χ0) is 13.6. The smallest absolute Gasteiger partial charge is 0.170 e. The molecule has 0 aromatic heterocycles.